The minimum atomic E-state index is -1.04. The zero-order valence-electron chi connectivity index (χ0n) is 22.3. The van der Waals surface area contributed by atoms with Crippen molar-refractivity contribution in [2.45, 2.75) is 45.0 Å². The van der Waals surface area contributed by atoms with Crippen molar-refractivity contribution in [1.29, 1.82) is 0 Å². The molecule has 1 aliphatic heterocycles. The first-order valence-corrected chi connectivity index (χ1v) is 13.5. The second-order valence-electron chi connectivity index (χ2n) is 9.63. The molecule has 10 heteroatoms. The van der Waals surface area contributed by atoms with E-state index in [0.717, 1.165) is 12.8 Å². The summed E-state index contributed by atoms with van der Waals surface area (Å²) in [5, 5.41) is 11.3. The molecule has 0 radical (unpaired) electrons. The van der Waals surface area contributed by atoms with Crippen LogP contribution in [0.3, 0.4) is 0 Å². The van der Waals surface area contributed by atoms with E-state index in [-0.39, 0.29) is 25.1 Å². The molecule has 1 N–H and O–H groups in total. The van der Waals surface area contributed by atoms with Crippen molar-refractivity contribution < 1.29 is 23.5 Å². The fraction of sp³-hybridized carbons (Fsp3) is 0.333. The van der Waals surface area contributed by atoms with Gasteiger partial charge in [-0.25, -0.2) is 9.07 Å². The molecule has 1 saturated heterocycles. The third kappa shape index (κ3) is 6.28. The van der Waals surface area contributed by atoms with Crippen molar-refractivity contribution in [3.63, 3.8) is 0 Å². The standard InChI is InChI=1S/C30H32FN5O4/c1-2-39-23-15-13-21(14-16-23)29(30(38)32-18-24-9-7-17-40-24)35(19-22-8-3-4-10-25(22)31)28(37)20-36-27-12-6-5-11-26(27)33-34-36/h3-6,8,10-16,24,29H,2,7,9,17-20H2,1H3,(H,32,38)/t24-,29+/m1/s1. The molecule has 0 spiro atoms. The lowest BCUT2D eigenvalue weighted by atomic mass is 10.0. The van der Waals surface area contributed by atoms with Gasteiger partial charge in [0.15, 0.2) is 0 Å². The maximum atomic E-state index is 14.9. The average molecular weight is 546 g/mol. The number of nitrogens with one attached hydrogen (secondary N) is 1. The number of rotatable bonds is 11. The normalized spacial score (nSPS) is 15.6. The number of carbonyl (C=O) groups excluding carboxylic acids is 2. The van der Waals surface area contributed by atoms with E-state index in [1.807, 2.05) is 31.2 Å². The van der Waals surface area contributed by atoms with Crippen LogP contribution in [0.15, 0.2) is 72.8 Å². The molecule has 0 aliphatic carbocycles. The van der Waals surface area contributed by atoms with Crippen molar-refractivity contribution >= 4 is 22.8 Å². The number of ether oxygens (including phenoxy) is 2. The van der Waals surface area contributed by atoms with Crippen molar-refractivity contribution in [3.8, 4) is 5.75 Å². The second kappa shape index (κ2) is 12.7. The van der Waals surface area contributed by atoms with Gasteiger partial charge in [-0.3, -0.25) is 9.59 Å². The highest BCUT2D eigenvalue weighted by Crippen LogP contribution is 2.27. The van der Waals surface area contributed by atoms with Gasteiger partial charge in [0.1, 0.15) is 29.7 Å². The smallest absolute Gasteiger partial charge is 0.247 e. The largest absolute Gasteiger partial charge is 0.494 e. The zero-order valence-corrected chi connectivity index (χ0v) is 22.3. The van der Waals surface area contributed by atoms with E-state index in [0.29, 0.717) is 47.7 Å². The quantitative estimate of drug-likeness (QED) is 0.306. The number of hydrogen-bond donors (Lipinski definition) is 1. The number of fused-ring (bicyclic) bond motifs is 1. The molecular formula is C30H32FN5O4. The zero-order chi connectivity index (χ0) is 27.9. The summed E-state index contributed by atoms with van der Waals surface area (Å²) in [6.45, 7) is 3.06. The Morgan fingerprint density at radius 3 is 2.65 bits per heavy atom. The molecule has 1 fully saturated rings. The first kappa shape index (κ1) is 27.3. The van der Waals surface area contributed by atoms with Gasteiger partial charge in [-0.1, -0.05) is 47.7 Å². The molecule has 2 atom stereocenters. The monoisotopic (exact) mass is 545 g/mol. The van der Waals surface area contributed by atoms with Crippen LogP contribution in [-0.2, 0) is 27.4 Å². The minimum Gasteiger partial charge on any atom is -0.494 e. The number of amides is 2. The highest BCUT2D eigenvalue weighted by Gasteiger charge is 2.33. The number of halogens is 1. The van der Waals surface area contributed by atoms with Crippen molar-refractivity contribution in [2.75, 3.05) is 19.8 Å². The summed E-state index contributed by atoms with van der Waals surface area (Å²) in [5.41, 5.74) is 2.19. The summed E-state index contributed by atoms with van der Waals surface area (Å²) in [7, 11) is 0. The maximum absolute atomic E-state index is 14.9. The van der Waals surface area contributed by atoms with Crippen LogP contribution in [-0.4, -0.2) is 57.6 Å². The highest BCUT2D eigenvalue weighted by molar-refractivity contribution is 5.89. The molecular weight excluding hydrogens is 513 g/mol. The van der Waals surface area contributed by atoms with Crippen LogP contribution in [0, 0.1) is 5.82 Å². The van der Waals surface area contributed by atoms with E-state index in [1.54, 1.807) is 42.5 Å². The maximum Gasteiger partial charge on any atom is 0.247 e. The van der Waals surface area contributed by atoms with E-state index in [2.05, 4.69) is 15.6 Å². The Kier molecular flexibility index (Phi) is 8.65. The molecule has 2 heterocycles. The molecule has 2 amide bonds. The molecule has 1 aliphatic rings. The second-order valence-corrected chi connectivity index (χ2v) is 9.63. The number of hydrogen-bond acceptors (Lipinski definition) is 6. The summed E-state index contributed by atoms with van der Waals surface area (Å²) in [5.74, 6) is -0.611. The first-order chi connectivity index (χ1) is 19.5. The van der Waals surface area contributed by atoms with E-state index in [9.17, 15) is 14.0 Å². The van der Waals surface area contributed by atoms with Gasteiger partial charge >= 0.3 is 0 Å². The molecule has 1 aromatic heterocycles. The topological polar surface area (TPSA) is 98.6 Å². The van der Waals surface area contributed by atoms with Crippen LogP contribution in [0.2, 0.25) is 0 Å². The van der Waals surface area contributed by atoms with E-state index in [4.69, 9.17) is 9.47 Å². The Morgan fingerprint density at radius 2 is 1.90 bits per heavy atom. The Bertz CT molecular complexity index is 1450. The van der Waals surface area contributed by atoms with Gasteiger partial charge in [-0.05, 0) is 55.7 Å². The lowest BCUT2D eigenvalue weighted by molar-refractivity contribution is -0.142. The number of aromatic nitrogens is 3. The fourth-order valence-corrected chi connectivity index (χ4v) is 4.89. The predicted octanol–water partition coefficient (Wildman–Crippen LogP) is 4.03. The van der Waals surface area contributed by atoms with Gasteiger partial charge in [0.25, 0.3) is 0 Å². The Morgan fingerprint density at radius 1 is 1.12 bits per heavy atom. The van der Waals surface area contributed by atoms with Crippen LogP contribution >= 0.6 is 0 Å². The van der Waals surface area contributed by atoms with Gasteiger partial charge in [0.05, 0.1) is 18.2 Å². The number of para-hydroxylation sites is 1. The summed E-state index contributed by atoms with van der Waals surface area (Å²) in [6, 6.07) is 19.5. The Hall–Kier alpha value is -4.31. The third-order valence-corrected chi connectivity index (χ3v) is 6.92. The van der Waals surface area contributed by atoms with Crippen molar-refractivity contribution in [3.05, 3.63) is 89.7 Å². The average Bonchev–Trinajstić information content (AvgIpc) is 3.64. The first-order valence-electron chi connectivity index (χ1n) is 13.5. The minimum absolute atomic E-state index is 0.0813. The fourth-order valence-electron chi connectivity index (χ4n) is 4.89. The lowest BCUT2D eigenvalue weighted by Gasteiger charge is -2.32. The summed E-state index contributed by atoms with van der Waals surface area (Å²) in [6.07, 6.45) is 1.71. The molecule has 0 saturated carbocycles. The molecule has 4 aromatic rings. The molecule has 208 valence electrons. The molecule has 9 nitrogen and oxygen atoms in total. The number of carbonyl (C=O) groups is 2. The Labute approximate surface area is 231 Å². The third-order valence-electron chi connectivity index (χ3n) is 6.92. The molecule has 3 aromatic carbocycles. The molecule has 0 bridgehead atoms. The summed E-state index contributed by atoms with van der Waals surface area (Å²) >= 11 is 0. The Balaban J connectivity index is 1.51. The summed E-state index contributed by atoms with van der Waals surface area (Å²) < 4.78 is 27.6. The number of benzene rings is 3. The van der Waals surface area contributed by atoms with Gasteiger partial charge in [-0.15, -0.1) is 5.10 Å². The van der Waals surface area contributed by atoms with E-state index >= 15 is 0 Å². The van der Waals surface area contributed by atoms with E-state index in [1.165, 1.54) is 15.6 Å². The lowest BCUT2D eigenvalue weighted by Crippen LogP contribution is -2.46. The van der Waals surface area contributed by atoms with Crippen LogP contribution in [0.1, 0.15) is 36.9 Å². The SMILES string of the molecule is CCOc1ccc([C@@H](C(=O)NC[C@H]2CCCO2)N(Cc2ccccc2F)C(=O)Cn2nnc3ccccc32)cc1. The van der Waals surface area contributed by atoms with Crippen LogP contribution < -0.4 is 10.1 Å². The predicted molar refractivity (Wildman–Crippen MR) is 147 cm³/mol. The van der Waals surface area contributed by atoms with Crippen LogP contribution in [0.25, 0.3) is 11.0 Å². The van der Waals surface area contributed by atoms with Crippen LogP contribution in [0.4, 0.5) is 4.39 Å². The van der Waals surface area contributed by atoms with Gasteiger partial charge in [-0.2, -0.15) is 0 Å². The van der Waals surface area contributed by atoms with Crippen molar-refractivity contribution in [1.82, 2.24) is 25.2 Å². The van der Waals surface area contributed by atoms with Crippen LogP contribution in [0.5, 0.6) is 5.75 Å². The van der Waals surface area contributed by atoms with Gasteiger partial charge < -0.3 is 19.7 Å². The van der Waals surface area contributed by atoms with Gasteiger partial charge in [0.2, 0.25) is 11.8 Å². The van der Waals surface area contributed by atoms with Gasteiger partial charge in [0, 0.05) is 25.3 Å². The molecule has 5 rings (SSSR count). The molecule has 40 heavy (non-hydrogen) atoms. The van der Waals surface area contributed by atoms with E-state index < -0.39 is 17.8 Å². The number of nitrogens with zero attached hydrogens (tertiary/aromatic N) is 4. The van der Waals surface area contributed by atoms with Crippen molar-refractivity contribution in [2.24, 2.45) is 0 Å². The molecule has 0 unspecified atom stereocenters. The highest BCUT2D eigenvalue weighted by atomic mass is 19.1. The summed E-state index contributed by atoms with van der Waals surface area (Å²) in [4.78, 5) is 29.2.